The fourth-order valence-corrected chi connectivity index (χ4v) is 2.21. The highest BCUT2D eigenvalue weighted by Gasteiger charge is 2.07. The second kappa shape index (κ2) is 3.80. The second-order valence-electron chi connectivity index (χ2n) is 2.66. The predicted molar refractivity (Wildman–Crippen MR) is 61.2 cm³/mol. The molecule has 0 aliphatic carbocycles. The molecule has 68 valence electrons. The number of aliphatic imine (C=N–C) groups is 1. The number of rotatable bonds is 1. The third-order valence-corrected chi connectivity index (χ3v) is 2.98. The van der Waals surface area contributed by atoms with Gasteiger partial charge >= 0.3 is 0 Å². The molecule has 14 heavy (non-hydrogen) atoms. The third-order valence-electron chi connectivity index (χ3n) is 1.78. The molecule has 1 heterocycles. The summed E-state index contributed by atoms with van der Waals surface area (Å²) in [7, 11) is 0. The quantitative estimate of drug-likeness (QED) is 0.544. The Morgan fingerprint density at radius 2 is 2.21 bits per heavy atom. The Morgan fingerprint density at radius 1 is 1.43 bits per heavy atom. The first-order valence-electron chi connectivity index (χ1n) is 3.92. The highest BCUT2D eigenvalue weighted by Crippen LogP contribution is 2.25. The molecule has 2 aromatic rings. The fraction of sp³-hybridized carbons (Fsp3) is 0. The van der Waals surface area contributed by atoms with E-state index in [4.69, 9.17) is 0 Å². The standard InChI is InChI=1S/C10H5NOS2/c12-10(11-6-13)9-5-7-3-1-2-4-8(7)14-9/h1-5H. The summed E-state index contributed by atoms with van der Waals surface area (Å²) in [6, 6.07) is 9.63. The van der Waals surface area contributed by atoms with Crippen molar-refractivity contribution in [1.29, 1.82) is 0 Å². The van der Waals surface area contributed by atoms with Crippen LogP contribution in [0.25, 0.3) is 10.1 Å². The van der Waals surface area contributed by atoms with Crippen LogP contribution >= 0.6 is 23.6 Å². The summed E-state index contributed by atoms with van der Waals surface area (Å²) in [6.45, 7) is 0. The fourth-order valence-electron chi connectivity index (χ4n) is 1.18. The molecule has 0 saturated carbocycles. The van der Waals surface area contributed by atoms with Gasteiger partial charge in [-0.15, -0.1) is 11.3 Å². The van der Waals surface area contributed by atoms with Crippen molar-refractivity contribution in [2.24, 2.45) is 4.99 Å². The SMILES string of the molecule is O=C(N=C=S)c1cc2ccccc2s1. The average molecular weight is 219 g/mol. The van der Waals surface area contributed by atoms with Gasteiger partial charge in [-0.2, -0.15) is 4.99 Å². The van der Waals surface area contributed by atoms with Gasteiger partial charge in [0.15, 0.2) is 0 Å². The minimum Gasteiger partial charge on any atom is -0.265 e. The number of nitrogens with zero attached hydrogens (tertiary/aromatic N) is 1. The Labute approximate surface area is 89.9 Å². The van der Waals surface area contributed by atoms with Gasteiger partial charge in [-0.25, -0.2) is 0 Å². The minimum absolute atomic E-state index is 0.318. The first-order chi connectivity index (χ1) is 6.81. The molecule has 0 atom stereocenters. The lowest BCUT2D eigenvalue weighted by Gasteiger charge is -1.82. The van der Waals surface area contributed by atoms with E-state index < -0.39 is 0 Å². The molecule has 2 rings (SSSR count). The molecule has 0 fully saturated rings. The Kier molecular flexibility index (Phi) is 2.50. The van der Waals surface area contributed by atoms with Gasteiger partial charge in [0.25, 0.3) is 5.91 Å². The first kappa shape index (κ1) is 9.21. The van der Waals surface area contributed by atoms with Crippen LogP contribution in [0.3, 0.4) is 0 Å². The maximum atomic E-state index is 11.3. The molecule has 2 nitrogen and oxygen atoms in total. The number of thiophene rings is 1. The van der Waals surface area contributed by atoms with E-state index in [0.717, 1.165) is 10.1 Å². The molecule has 1 aromatic carbocycles. The number of carbonyl (C=O) groups is 1. The van der Waals surface area contributed by atoms with Crippen LogP contribution < -0.4 is 0 Å². The number of amides is 1. The number of hydrogen-bond donors (Lipinski definition) is 0. The molecule has 0 bridgehead atoms. The Balaban J connectivity index is 2.55. The van der Waals surface area contributed by atoms with Gasteiger partial charge in [0, 0.05) is 4.70 Å². The number of isothiocyanates is 1. The zero-order chi connectivity index (χ0) is 9.97. The summed E-state index contributed by atoms with van der Waals surface area (Å²) in [5, 5.41) is 3.13. The largest absolute Gasteiger partial charge is 0.295 e. The van der Waals surface area contributed by atoms with Crippen LogP contribution in [-0.4, -0.2) is 11.1 Å². The third kappa shape index (κ3) is 1.63. The number of hydrogen-bond acceptors (Lipinski definition) is 3. The molecular formula is C10H5NOS2. The van der Waals surface area contributed by atoms with E-state index in [1.54, 1.807) is 0 Å². The Morgan fingerprint density at radius 3 is 2.93 bits per heavy atom. The van der Waals surface area contributed by atoms with Gasteiger partial charge in [0.05, 0.1) is 10.0 Å². The second-order valence-corrected chi connectivity index (χ2v) is 3.92. The van der Waals surface area contributed by atoms with E-state index in [0.29, 0.717) is 4.88 Å². The van der Waals surface area contributed by atoms with Crippen LogP contribution in [-0.2, 0) is 0 Å². The molecule has 4 heteroatoms. The van der Waals surface area contributed by atoms with Gasteiger partial charge in [0.2, 0.25) is 0 Å². The summed E-state index contributed by atoms with van der Waals surface area (Å²) in [4.78, 5) is 15.4. The van der Waals surface area contributed by atoms with Crippen LogP contribution in [0.5, 0.6) is 0 Å². The Bertz CT molecular complexity index is 505. The first-order valence-corrected chi connectivity index (χ1v) is 5.14. The van der Waals surface area contributed by atoms with Crippen molar-refractivity contribution in [2.45, 2.75) is 0 Å². The minimum atomic E-state index is -0.318. The summed E-state index contributed by atoms with van der Waals surface area (Å²) >= 11 is 5.79. The zero-order valence-electron chi connectivity index (χ0n) is 7.06. The summed E-state index contributed by atoms with van der Waals surface area (Å²) in [5.74, 6) is -0.318. The topological polar surface area (TPSA) is 29.4 Å². The molecule has 0 saturated heterocycles. The van der Waals surface area contributed by atoms with E-state index in [1.165, 1.54) is 11.3 Å². The highest BCUT2D eigenvalue weighted by atomic mass is 32.1. The van der Waals surface area contributed by atoms with Crippen LogP contribution in [0.15, 0.2) is 35.3 Å². The number of thiocarbonyl (C=S) groups is 1. The van der Waals surface area contributed by atoms with Crippen LogP contribution in [0.1, 0.15) is 9.67 Å². The maximum absolute atomic E-state index is 11.3. The molecule has 0 aliphatic heterocycles. The van der Waals surface area contributed by atoms with E-state index in [9.17, 15) is 4.79 Å². The van der Waals surface area contributed by atoms with Crippen molar-refractivity contribution in [3.63, 3.8) is 0 Å². The number of carbonyl (C=O) groups excluding carboxylic acids is 1. The molecule has 0 radical (unpaired) electrons. The van der Waals surface area contributed by atoms with E-state index in [2.05, 4.69) is 22.4 Å². The van der Waals surface area contributed by atoms with E-state index >= 15 is 0 Å². The summed E-state index contributed by atoms with van der Waals surface area (Å²) in [6.07, 6.45) is 0. The smallest absolute Gasteiger partial charge is 0.265 e. The number of benzene rings is 1. The lowest BCUT2D eigenvalue weighted by molar-refractivity contribution is 0.101. The van der Waals surface area contributed by atoms with Gasteiger partial charge in [0.1, 0.15) is 0 Å². The molecule has 1 amide bonds. The van der Waals surface area contributed by atoms with Crippen molar-refractivity contribution >= 4 is 44.7 Å². The van der Waals surface area contributed by atoms with Crippen molar-refractivity contribution < 1.29 is 4.79 Å². The van der Waals surface area contributed by atoms with Gasteiger partial charge in [-0.1, -0.05) is 18.2 Å². The maximum Gasteiger partial charge on any atom is 0.295 e. The lowest BCUT2D eigenvalue weighted by Crippen LogP contribution is -1.87. The summed E-state index contributed by atoms with van der Waals surface area (Å²) < 4.78 is 1.08. The van der Waals surface area contributed by atoms with Crippen molar-refractivity contribution in [1.82, 2.24) is 0 Å². The zero-order valence-corrected chi connectivity index (χ0v) is 8.69. The normalized spacial score (nSPS) is 9.71. The molecule has 0 unspecified atom stereocenters. The molecule has 0 N–H and O–H groups in total. The van der Waals surface area contributed by atoms with Crippen molar-refractivity contribution in [3.05, 3.63) is 35.2 Å². The molecular weight excluding hydrogens is 214 g/mol. The van der Waals surface area contributed by atoms with Crippen LogP contribution in [0, 0.1) is 0 Å². The number of fused-ring (bicyclic) bond motifs is 1. The molecule has 1 aromatic heterocycles. The monoisotopic (exact) mass is 219 g/mol. The van der Waals surface area contributed by atoms with Crippen molar-refractivity contribution in [2.75, 3.05) is 0 Å². The molecule has 0 spiro atoms. The van der Waals surface area contributed by atoms with Crippen LogP contribution in [0.4, 0.5) is 0 Å². The Hall–Kier alpha value is -1.35. The van der Waals surface area contributed by atoms with Gasteiger partial charge in [-0.05, 0) is 29.7 Å². The lowest BCUT2D eigenvalue weighted by atomic mass is 10.2. The average Bonchev–Trinajstić information content (AvgIpc) is 2.61. The van der Waals surface area contributed by atoms with Gasteiger partial charge < -0.3 is 0 Å². The summed E-state index contributed by atoms with van der Waals surface area (Å²) in [5.41, 5.74) is 0. The molecule has 0 aliphatic rings. The predicted octanol–water partition coefficient (Wildman–Crippen LogP) is 3.14. The van der Waals surface area contributed by atoms with Crippen molar-refractivity contribution in [3.8, 4) is 0 Å². The van der Waals surface area contributed by atoms with Crippen LogP contribution in [0.2, 0.25) is 0 Å². The van der Waals surface area contributed by atoms with Gasteiger partial charge in [-0.3, -0.25) is 4.79 Å². The van der Waals surface area contributed by atoms with E-state index in [-0.39, 0.29) is 5.91 Å². The highest BCUT2D eigenvalue weighted by molar-refractivity contribution is 7.78. The van der Waals surface area contributed by atoms with E-state index in [1.807, 2.05) is 30.3 Å².